The van der Waals surface area contributed by atoms with Gasteiger partial charge in [-0.3, -0.25) is 4.79 Å². The third kappa shape index (κ3) is 3.10. The maximum atomic E-state index is 12.0. The lowest BCUT2D eigenvalue weighted by Crippen LogP contribution is -2.52. The van der Waals surface area contributed by atoms with Crippen molar-refractivity contribution in [1.29, 1.82) is 0 Å². The van der Waals surface area contributed by atoms with E-state index >= 15 is 0 Å². The number of ether oxygens (including phenoxy) is 2. The first-order chi connectivity index (χ1) is 8.62. The van der Waals surface area contributed by atoms with Crippen molar-refractivity contribution in [3.05, 3.63) is 34.3 Å². The maximum Gasteiger partial charge on any atom is 0.326 e. The van der Waals surface area contributed by atoms with Crippen molar-refractivity contribution in [1.82, 2.24) is 0 Å². The predicted molar refractivity (Wildman–Crippen MR) is 70.9 cm³/mol. The number of benzene rings is 1. The number of carbonyl (C=O) groups is 1. The van der Waals surface area contributed by atoms with Crippen molar-refractivity contribution >= 4 is 21.9 Å². The van der Waals surface area contributed by atoms with Crippen molar-refractivity contribution in [2.75, 3.05) is 13.2 Å². The fraction of sp³-hybridized carbons (Fsp3) is 0.462. The summed E-state index contributed by atoms with van der Waals surface area (Å²) < 4.78 is 11.4. The van der Waals surface area contributed by atoms with Gasteiger partial charge in [0.1, 0.15) is 12.1 Å². The van der Waals surface area contributed by atoms with E-state index in [0.717, 1.165) is 10.0 Å². The number of halogens is 1. The average molecular weight is 314 g/mol. The van der Waals surface area contributed by atoms with Crippen molar-refractivity contribution < 1.29 is 14.3 Å². The molecule has 0 aliphatic carbocycles. The van der Waals surface area contributed by atoms with Crippen LogP contribution in [0.5, 0.6) is 0 Å². The lowest BCUT2D eigenvalue weighted by molar-refractivity contribution is -0.155. The van der Waals surface area contributed by atoms with Gasteiger partial charge in [-0.2, -0.15) is 0 Å². The second-order valence-electron chi connectivity index (χ2n) is 4.44. The molecule has 1 aromatic rings. The largest absolute Gasteiger partial charge is 0.459 e. The summed E-state index contributed by atoms with van der Waals surface area (Å²) in [6.45, 7) is 1.27. The molecule has 0 saturated carbocycles. The molecule has 98 valence electrons. The van der Waals surface area contributed by atoms with Crippen LogP contribution in [0.15, 0.2) is 28.7 Å². The lowest BCUT2D eigenvalue weighted by Gasteiger charge is -2.30. The van der Waals surface area contributed by atoms with E-state index in [4.69, 9.17) is 15.2 Å². The smallest absolute Gasteiger partial charge is 0.326 e. The molecule has 5 heteroatoms. The first-order valence-corrected chi connectivity index (χ1v) is 6.68. The van der Waals surface area contributed by atoms with Crippen molar-refractivity contribution in [3.63, 3.8) is 0 Å². The van der Waals surface area contributed by atoms with Gasteiger partial charge in [-0.1, -0.05) is 34.1 Å². The second-order valence-corrected chi connectivity index (χ2v) is 5.29. The van der Waals surface area contributed by atoms with Crippen molar-refractivity contribution in [2.24, 2.45) is 5.73 Å². The molecule has 0 atom stereocenters. The van der Waals surface area contributed by atoms with Crippen molar-refractivity contribution in [2.45, 2.75) is 25.0 Å². The van der Waals surface area contributed by atoms with E-state index in [-0.39, 0.29) is 12.6 Å². The lowest BCUT2D eigenvalue weighted by atomic mass is 9.92. The summed E-state index contributed by atoms with van der Waals surface area (Å²) in [5, 5.41) is 0. The van der Waals surface area contributed by atoms with Crippen LogP contribution in [0.4, 0.5) is 0 Å². The van der Waals surface area contributed by atoms with Gasteiger partial charge in [0.05, 0.1) is 0 Å². The zero-order valence-corrected chi connectivity index (χ0v) is 11.6. The average Bonchev–Trinajstić information content (AvgIpc) is 2.38. The van der Waals surface area contributed by atoms with E-state index < -0.39 is 5.54 Å². The van der Waals surface area contributed by atoms with Crippen LogP contribution in [0.3, 0.4) is 0 Å². The Morgan fingerprint density at radius 2 is 2.06 bits per heavy atom. The summed E-state index contributed by atoms with van der Waals surface area (Å²) in [6, 6.07) is 7.64. The molecule has 18 heavy (non-hydrogen) atoms. The second kappa shape index (κ2) is 5.82. The molecule has 2 rings (SSSR count). The van der Waals surface area contributed by atoms with Gasteiger partial charge in [-0.25, -0.2) is 0 Å². The van der Waals surface area contributed by atoms with Crippen LogP contribution in [-0.4, -0.2) is 24.7 Å². The number of rotatable bonds is 3. The number of esters is 1. The molecular weight excluding hydrogens is 298 g/mol. The fourth-order valence-electron chi connectivity index (χ4n) is 1.84. The summed E-state index contributed by atoms with van der Waals surface area (Å²) in [4.78, 5) is 12.0. The molecule has 1 aliphatic heterocycles. The van der Waals surface area contributed by atoms with Gasteiger partial charge >= 0.3 is 5.97 Å². The summed E-state index contributed by atoms with van der Waals surface area (Å²) in [5.74, 6) is -0.346. The minimum absolute atomic E-state index is 0.236. The van der Waals surface area contributed by atoms with Gasteiger partial charge < -0.3 is 15.2 Å². The highest BCUT2D eigenvalue weighted by Gasteiger charge is 2.37. The van der Waals surface area contributed by atoms with Crippen LogP contribution in [0.2, 0.25) is 0 Å². The van der Waals surface area contributed by atoms with E-state index in [1.165, 1.54) is 0 Å². The van der Waals surface area contributed by atoms with Crippen LogP contribution in [0.25, 0.3) is 0 Å². The Balaban J connectivity index is 1.94. The third-order valence-electron chi connectivity index (χ3n) is 3.11. The van der Waals surface area contributed by atoms with Gasteiger partial charge in [-0.05, 0) is 18.9 Å². The molecule has 0 radical (unpaired) electrons. The van der Waals surface area contributed by atoms with Gasteiger partial charge in [-0.15, -0.1) is 0 Å². The molecule has 0 bridgehead atoms. The Hall–Kier alpha value is -0.910. The molecular formula is C13H16BrNO3. The van der Waals surface area contributed by atoms with Crippen LogP contribution in [0.1, 0.15) is 18.4 Å². The molecule has 4 nitrogen and oxygen atoms in total. The first kappa shape index (κ1) is 13.5. The highest BCUT2D eigenvalue weighted by atomic mass is 79.9. The minimum Gasteiger partial charge on any atom is -0.459 e. The standard InChI is InChI=1S/C13H16BrNO3/c14-11-4-2-1-3-10(11)9-18-12(16)13(15)5-7-17-8-6-13/h1-4H,5-9,15H2. The Kier molecular flexibility index (Phi) is 4.37. The third-order valence-corrected chi connectivity index (χ3v) is 3.88. The van der Waals surface area contributed by atoms with Crippen LogP contribution in [-0.2, 0) is 20.9 Å². The number of hydrogen-bond acceptors (Lipinski definition) is 4. The van der Waals surface area contributed by atoms with E-state index in [0.29, 0.717) is 26.1 Å². The van der Waals surface area contributed by atoms with Gasteiger partial charge in [0.25, 0.3) is 0 Å². The Morgan fingerprint density at radius 3 is 2.72 bits per heavy atom. The van der Waals surface area contributed by atoms with E-state index in [1.807, 2.05) is 24.3 Å². The first-order valence-electron chi connectivity index (χ1n) is 5.89. The Bertz CT molecular complexity index is 430. The van der Waals surface area contributed by atoms with E-state index in [9.17, 15) is 4.79 Å². The highest BCUT2D eigenvalue weighted by Crippen LogP contribution is 2.21. The SMILES string of the molecule is NC1(C(=O)OCc2ccccc2Br)CCOCC1. The van der Waals surface area contributed by atoms with Gasteiger partial charge in [0, 0.05) is 23.2 Å². The van der Waals surface area contributed by atoms with Crippen LogP contribution in [0, 0.1) is 0 Å². The van der Waals surface area contributed by atoms with E-state index in [1.54, 1.807) is 0 Å². The molecule has 1 aliphatic rings. The monoisotopic (exact) mass is 313 g/mol. The summed E-state index contributed by atoms with van der Waals surface area (Å²) in [7, 11) is 0. The van der Waals surface area contributed by atoms with Gasteiger partial charge in [0.2, 0.25) is 0 Å². The number of carbonyl (C=O) groups excluding carboxylic acids is 1. The zero-order valence-electron chi connectivity index (χ0n) is 10.0. The maximum absolute atomic E-state index is 12.0. The number of nitrogens with two attached hydrogens (primary N) is 1. The quantitative estimate of drug-likeness (QED) is 0.867. The Morgan fingerprint density at radius 1 is 1.39 bits per heavy atom. The van der Waals surface area contributed by atoms with Crippen molar-refractivity contribution in [3.8, 4) is 0 Å². The molecule has 1 saturated heterocycles. The van der Waals surface area contributed by atoms with Crippen LogP contribution >= 0.6 is 15.9 Å². The topological polar surface area (TPSA) is 61.6 Å². The van der Waals surface area contributed by atoms with E-state index in [2.05, 4.69) is 15.9 Å². The fourth-order valence-corrected chi connectivity index (χ4v) is 2.24. The van der Waals surface area contributed by atoms with Crippen LogP contribution < -0.4 is 5.73 Å². The molecule has 0 amide bonds. The molecule has 0 spiro atoms. The minimum atomic E-state index is -0.889. The molecule has 1 aromatic carbocycles. The Labute approximate surface area is 115 Å². The van der Waals surface area contributed by atoms with Gasteiger partial charge in [0.15, 0.2) is 0 Å². The summed E-state index contributed by atoms with van der Waals surface area (Å²) >= 11 is 3.41. The number of hydrogen-bond donors (Lipinski definition) is 1. The predicted octanol–water partition coefficient (Wildman–Crippen LogP) is 2.00. The highest BCUT2D eigenvalue weighted by molar-refractivity contribution is 9.10. The molecule has 0 aromatic heterocycles. The molecule has 2 N–H and O–H groups in total. The molecule has 1 fully saturated rings. The molecule has 1 heterocycles. The zero-order chi connectivity index (χ0) is 13.0. The summed E-state index contributed by atoms with van der Waals surface area (Å²) in [5.41, 5.74) is 6.08. The summed E-state index contributed by atoms with van der Waals surface area (Å²) in [6.07, 6.45) is 1.03. The molecule has 0 unspecified atom stereocenters. The normalized spacial score (nSPS) is 18.3.